The van der Waals surface area contributed by atoms with Crippen molar-refractivity contribution in [1.29, 1.82) is 0 Å². The van der Waals surface area contributed by atoms with Gasteiger partial charge in [-0.2, -0.15) is 0 Å². The van der Waals surface area contributed by atoms with Crippen LogP contribution in [0.15, 0.2) is 48.5 Å². The molecule has 1 atom stereocenters. The van der Waals surface area contributed by atoms with Crippen molar-refractivity contribution < 1.29 is 18.4 Å². The van der Waals surface area contributed by atoms with E-state index in [1.165, 1.54) is 40.9 Å². The SMILES string of the molecule is CCNC(=O)[C@@H](C)N(Cc1ccc(F)cc1)C(=O)CSCc1ccc(F)cc1. The van der Waals surface area contributed by atoms with E-state index in [0.717, 1.165) is 11.1 Å². The van der Waals surface area contributed by atoms with Crippen molar-refractivity contribution in [2.24, 2.45) is 0 Å². The van der Waals surface area contributed by atoms with Gasteiger partial charge in [0.1, 0.15) is 17.7 Å². The van der Waals surface area contributed by atoms with Crippen LogP contribution in [0.1, 0.15) is 25.0 Å². The monoisotopic (exact) mass is 406 g/mol. The Bertz CT molecular complexity index is 782. The summed E-state index contributed by atoms with van der Waals surface area (Å²) in [7, 11) is 0. The molecule has 2 aromatic rings. The molecule has 2 rings (SSSR count). The van der Waals surface area contributed by atoms with Crippen LogP contribution < -0.4 is 5.32 Å². The van der Waals surface area contributed by atoms with Crippen LogP contribution in [0.2, 0.25) is 0 Å². The Morgan fingerprint density at radius 1 is 1.00 bits per heavy atom. The maximum absolute atomic E-state index is 13.2. The number of amides is 2. The second-order valence-corrected chi connectivity index (χ2v) is 7.32. The van der Waals surface area contributed by atoms with Gasteiger partial charge in [0, 0.05) is 18.8 Å². The van der Waals surface area contributed by atoms with Gasteiger partial charge < -0.3 is 10.2 Å². The van der Waals surface area contributed by atoms with Crippen LogP contribution in [0.3, 0.4) is 0 Å². The van der Waals surface area contributed by atoms with Crippen LogP contribution in [0.25, 0.3) is 0 Å². The molecule has 0 aliphatic rings. The highest BCUT2D eigenvalue weighted by Crippen LogP contribution is 2.16. The van der Waals surface area contributed by atoms with Gasteiger partial charge in [0.25, 0.3) is 0 Å². The topological polar surface area (TPSA) is 49.4 Å². The lowest BCUT2D eigenvalue weighted by Gasteiger charge is -2.28. The van der Waals surface area contributed by atoms with Gasteiger partial charge >= 0.3 is 0 Å². The largest absolute Gasteiger partial charge is 0.355 e. The number of benzene rings is 2. The maximum Gasteiger partial charge on any atom is 0.242 e. The fourth-order valence-electron chi connectivity index (χ4n) is 2.61. The Morgan fingerprint density at radius 2 is 1.54 bits per heavy atom. The molecular weight excluding hydrogens is 382 g/mol. The van der Waals surface area contributed by atoms with Crippen LogP contribution in [0.4, 0.5) is 8.78 Å². The lowest BCUT2D eigenvalue weighted by molar-refractivity contribution is -0.138. The van der Waals surface area contributed by atoms with Crippen molar-refractivity contribution in [3.05, 3.63) is 71.3 Å². The minimum absolute atomic E-state index is 0.183. The molecule has 0 aromatic heterocycles. The van der Waals surface area contributed by atoms with Gasteiger partial charge in [-0.15, -0.1) is 11.8 Å². The van der Waals surface area contributed by atoms with Crippen molar-refractivity contribution in [3.8, 4) is 0 Å². The summed E-state index contributed by atoms with van der Waals surface area (Å²) in [5.74, 6) is -0.329. The number of halogens is 2. The highest BCUT2D eigenvalue weighted by atomic mass is 32.2. The van der Waals surface area contributed by atoms with E-state index >= 15 is 0 Å². The first-order chi connectivity index (χ1) is 13.4. The molecule has 7 heteroatoms. The molecule has 0 bridgehead atoms. The molecule has 2 aromatic carbocycles. The number of hydrogen-bond acceptors (Lipinski definition) is 3. The van der Waals surface area contributed by atoms with Gasteiger partial charge in [-0.25, -0.2) is 8.78 Å². The molecule has 1 N–H and O–H groups in total. The van der Waals surface area contributed by atoms with Crippen LogP contribution in [0.5, 0.6) is 0 Å². The molecular formula is C21H24F2N2O2S. The average molecular weight is 406 g/mol. The van der Waals surface area contributed by atoms with Crippen LogP contribution in [-0.4, -0.2) is 35.1 Å². The molecule has 0 aliphatic heterocycles. The molecule has 0 unspecified atom stereocenters. The number of thioether (sulfide) groups is 1. The average Bonchev–Trinajstić information content (AvgIpc) is 2.68. The predicted molar refractivity (Wildman–Crippen MR) is 108 cm³/mol. The number of hydrogen-bond donors (Lipinski definition) is 1. The quantitative estimate of drug-likeness (QED) is 0.690. The summed E-state index contributed by atoms with van der Waals surface area (Å²) in [4.78, 5) is 26.5. The molecule has 0 saturated carbocycles. The van der Waals surface area contributed by atoms with Crippen molar-refractivity contribution in [2.45, 2.75) is 32.2 Å². The standard InChI is InChI=1S/C21H24F2N2O2S/c1-3-24-21(27)15(2)25(12-16-4-8-18(22)9-5-16)20(26)14-28-13-17-6-10-19(23)11-7-17/h4-11,15H,3,12-14H2,1-2H3,(H,24,27)/t15-/m1/s1. The first-order valence-electron chi connectivity index (χ1n) is 9.04. The third-order valence-corrected chi connectivity index (χ3v) is 5.18. The van der Waals surface area contributed by atoms with E-state index in [1.54, 1.807) is 31.2 Å². The van der Waals surface area contributed by atoms with Gasteiger partial charge in [0.2, 0.25) is 11.8 Å². The third-order valence-electron chi connectivity index (χ3n) is 4.19. The Labute approximate surface area is 168 Å². The number of likely N-dealkylation sites (N-methyl/N-ethyl adjacent to an activating group) is 1. The van der Waals surface area contributed by atoms with Crippen molar-refractivity contribution in [2.75, 3.05) is 12.3 Å². The Morgan fingerprint density at radius 3 is 2.07 bits per heavy atom. The van der Waals surface area contributed by atoms with E-state index in [2.05, 4.69) is 5.32 Å². The van der Waals surface area contributed by atoms with E-state index in [4.69, 9.17) is 0 Å². The minimum atomic E-state index is -0.649. The molecule has 0 spiro atoms. The lowest BCUT2D eigenvalue weighted by atomic mass is 10.1. The fourth-order valence-corrected chi connectivity index (χ4v) is 3.48. The normalized spacial score (nSPS) is 11.7. The van der Waals surface area contributed by atoms with Gasteiger partial charge in [-0.05, 0) is 49.2 Å². The van der Waals surface area contributed by atoms with E-state index in [-0.39, 0.29) is 35.7 Å². The Hall–Kier alpha value is -2.41. The first kappa shape index (κ1) is 21.9. The fraction of sp³-hybridized carbons (Fsp3) is 0.333. The highest BCUT2D eigenvalue weighted by molar-refractivity contribution is 7.99. The second kappa shape index (κ2) is 10.8. The first-order valence-corrected chi connectivity index (χ1v) is 10.2. The number of nitrogens with one attached hydrogen (secondary N) is 1. The molecule has 150 valence electrons. The second-order valence-electron chi connectivity index (χ2n) is 6.34. The summed E-state index contributed by atoms with van der Waals surface area (Å²) in [6, 6.07) is 11.4. The minimum Gasteiger partial charge on any atom is -0.355 e. The van der Waals surface area contributed by atoms with Gasteiger partial charge in [-0.1, -0.05) is 24.3 Å². The molecule has 28 heavy (non-hydrogen) atoms. The van der Waals surface area contributed by atoms with Crippen molar-refractivity contribution in [3.63, 3.8) is 0 Å². The number of rotatable bonds is 9. The molecule has 0 fully saturated rings. The van der Waals surface area contributed by atoms with E-state index in [0.29, 0.717) is 12.3 Å². The molecule has 2 amide bonds. The summed E-state index contributed by atoms with van der Waals surface area (Å²) < 4.78 is 26.1. The molecule has 4 nitrogen and oxygen atoms in total. The Balaban J connectivity index is 2.03. The van der Waals surface area contributed by atoms with Crippen LogP contribution in [0, 0.1) is 11.6 Å². The third kappa shape index (κ3) is 6.64. The molecule has 0 saturated heterocycles. The van der Waals surface area contributed by atoms with Crippen molar-refractivity contribution in [1.82, 2.24) is 10.2 Å². The Kier molecular flexibility index (Phi) is 8.44. The zero-order valence-corrected chi connectivity index (χ0v) is 16.8. The highest BCUT2D eigenvalue weighted by Gasteiger charge is 2.25. The van der Waals surface area contributed by atoms with Gasteiger partial charge in [0.15, 0.2) is 0 Å². The van der Waals surface area contributed by atoms with Crippen LogP contribution >= 0.6 is 11.8 Å². The number of nitrogens with zero attached hydrogens (tertiary/aromatic N) is 1. The van der Waals surface area contributed by atoms with E-state index in [1.807, 2.05) is 6.92 Å². The summed E-state index contributed by atoms with van der Waals surface area (Å²) in [6.07, 6.45) is 0. The van der Waals surface area contributed by atoms with Crippen LogP contribution in [-0.2, 0) is 21.9 Å². The lowest BCUT2D eigenvalue weighted by Crippen LogP contribution is -2.48. The van der Waals surface area contributed by atoms with E-state index in [9.17, 15) is 18.4 Å². The predicted octanol–water partition coefficient (Wildman–Crippen LogP) is 3.75. The van der Waals surface area contributed by atoms with Crippen molar-refractivity contribution >= 4 is 23.6 Å². The van der Waals surface area contributed by atoms with Gasteiger partial charge in [-0.3, -0.25) is 9.59 Å². The summed E-state index contributed by atoms with van der Waals surface area (Å²) in [5, 5.41) is 2.73. The van der Waals surface area contributed by atoms with E-state index < -0.39 is 6.04 Å². The molecule has 0 heterocycles. The summed E-state index contributed by atoms with van der Waals surface area (Å²) in [5.41, 5.74) is 1.66. The number of carbonyl (C=O) groups excluding carboxylic acids is 2. The zero-order valence-electron chi connectivity index (χ0n) is 16.0. The molecule has 0 aliphatic carbocycles. The summed E-state index contributed by atoms with van der Waals surface area (Å²) >= 11 is 1.40. The maximum atomic E-state index is 13.2. The molecule has 0 radical (unpaired) electrons. The number of carbonyl (C=O) groups is 2. The van der Waals surface area contributed by atoms with Gasteiger partial charge in [0.05, 0.1) is 5.75 Å². The zero-order chi connectivity index (χ0) is 20.5. The summed E-state index contributed by atoms with van der Waals surface area (Å²) in [6.45, 7) is 4.18. The smallest absolute Gasteiger partial charge is 0.242 e.